The summed E-state index contributed by atoms with van der Waals surface area (Å²) < 4.78 is 43.8. The summed E-state index contributed by atoms with van der Waals surface area (Å²) in [4.78, 5) is 4.88. The number of aryl methyl sites for hydroxylation is 2. The van der Waals surface area contributed by atoms with Crippen molar-refractivity contribution in [3.05, 3.63) is 88.0 Å². The monoisotopic (exact) mass is 466 g/mol. The third-order valence-corrected chi connectivity index (χ3v) is 8.14. The Balaban J connectivity index is 1.76. The Morgan fingerprint density at radius 3 is 2.12 bits per heavy atom. The lowest BCUT2D eigenvalue weighted by atomic mass is 10.0. The Morgan fingerprint density at radius 1 is 0.875 bits per heavy atom. The molecule has 1 heterocycles. The van der Waals surface area contributed by atoms with Crippen LogP contribution in [0.5, 0.6) is 0 Å². The van der Waals surface area contributed by atoms with Crippen molar-refractivity contribution in [2.75, 3.05) is 4.72 Å². The minimum atomic E-state index is -3.84. The first-order valence-electron chi connectivity index (χ1n) is 10.1. The molecule has 0 saturated heterocycles. The number of aromatic nitrogens is 1. The van der Waals surface area contributed by atoms with Gasteiger partial charge in [-0.15, -0.1) is 11.3 Å². The van der Waals surface area contributed by atoms with Crippen molar-refractivity contribution in [2.45, 2.75) is 32.6 Å². The number of benzene rings is 3. The van der Waals surface area contributed by atoms with Gasteiger partial charge in [-0.2, -0.15) is 0 Å². The smallest absolute Gasteiger partial charge is 0.262 e. The lowest BCUT2D eigenvalue weighted by Gasteiger charge is -2.18. The number of nitrogens with zero attached hydrogens (tertiary/aromatic N) is 1. The van der Waals surface area contributed by atoms with E-state index in [0.29, 0.717) is 32.4 Å². The highest BCUT2D eigenvalue weighted by Gasteiger charge is 2.24. The quantitative estimate of drug-likeness (QED) is 0.358. The van der Waals surface area contributed by atoms with Crippen LogP contribution in [0.4, 0.5) is 10.1 Å². The summed E-state index contributed by atoms with van der Waals surface area (Å²) in [6.07, 6.45) is 0. The van der Waals surface area contributed by atoms with Gasteiger partial charge in [0.05, 0.1) is 16.3 Å². The molecule has 0 radical (unpaired) electrons. The van der Waals surface area contributed by atoms with Gasteiger partial charge in [0.15, 0.2) is 0 Å². The first kappa shape index (κ1) is 22.2. The Labute approximate surface area is 191 Å². The predicted octanol–water partition coefficient (Wildman–Crippen LogP) is 6.65. The number of thiazole rings is 1. The first-order chi connectivity index (χ1) is 15.2. The van der Waals surface area contributed by atoms with Gasteiger partial charge in [0.2, 0.25) is 0 Å². The average molecular weight is 467 g/mol. The van der Waals surface area contributed by atoms with Gasteiger partial charge in [-0.25, -0.2) is 17.8 Å². The number of hydrogen-bond donors (Lipinski definition) is 1. The van der Waals surface area contributed by atoms with Gasteiger partial charge >= 0.3 is 0 Å². The molecule has 0 fully saturated rings. The van der Waals surface area contributed by atoms with Crippen molar-refractivity contribution in [2.24, 2.45) is 0 Å². The Bertz CT molecular complexity index is 1400. The lowest BCUT2D eigenvalue weighted by Crippen LogP contribution is -2.17. The van der Waals surface area contributed by atoms with E-state index in [1.165, 1.54) is 17.4 Å². The molecule has 1 aromatic heterocycles. The summed E-state index contributed by atoms with van der Waals surface area (Å²) in [5.41, 5.74) is 5.38. The minimum absolute atomic E-state index is 0.301. The van der Waals surface area contributed by atoms with E-state index < -0.39 is 10.0 Å². The van der Waals surface area contributed by atoms with Crippen LogP contribution >= 0.6 is 11.3 Å². The van der Waals surface area contributed by atoms with Gasteiger partial charge in [-0.1, -0.05) is 36.4 Å². The second-order valence-electron chi connectivity index (χ2n) is 7.76. The Hall–Kier alpha value is -3.03. The van der Waals surface area contributed by atoms with Crippen LogP contribution < -0.4 is 4.72 Å². The second-order valence-corrected chi connectivity index (χ2v) is 10.2. The molecule has 7 heteroatoms. The van der Waals surface area contributed by atoms with E-state index in [9.17, 15) is 12.8 Å². The summed E-state index contributed by atoms with van der Waals surface area (Å²) in [5, 5.41) is 2.35. The predicted molar refractivity (Wildman–Crippen MR) is 129 cm³/mol. The summed E-state index contributed by atoms with van der Waals surface area (Å²) in [7, 11) is -3.84. The van der Waals surface area contributed by atoms with Crippen LogP contribution in [0, 0.1) is 33.5 Å². The minimum Gasteiger partial charge on any atom is -0.279 e. The molecule has 0 amide bonds. The molecule has 164 valence electrons. The normalized spacial score (nSPS) is 11.5. The average Bonchev–Trinajstić information content (AvgIpc) is 3.22. The lowest BCUT2D eigenvalue weighted by molar-refractivity contribution is 0.599. The molecule has 0 spiro atoms. The van der Waals surface area contributed by atoms with Crippen LogP contribution in [0.3, 0.4) is 0 Å². The van der Waals surface area contributed by atoms with Crippen LogP contribution in [-0.2, 0) is 10.0 Å². The maximum absolute atomic E-state index is 14.2. The largest absolute Gasteiger partial charge is 0.279 e. The van der Waals surface area contributed by atoms with E-state index in [4.69, 9.17) is 0 Å². The van der Waals surface area contributed by atoms with Gasteiger partial charge in [0.1, 0.15) is 10.8 Å². The maximum Gasteiger partial charge on any atom is 0.262 e. The molecule has 0 aliphatic carbocycles. The fourth-order valence-electron chi connectivity index (χ4n) is 3.73. The summed E-state index contributed by atoms with van der Waals surface area (Å²) >= 11 is 1.32. The van der Waals surface area contributed by atoms with Crippen molar-refractivity contribution in [3.63, 3.8) is 0 Å². The van der Waals surface area contributed by atoms with Crippen molar-refractivity contribution in [1.82, 2.24) is 4.98 Å². The number of para-hydroxylation sites is 1. The maximum atomic E-state index is 14.2. The summed E-state index contributed by atoms with van der Waals surface area (Å²) in [6.45, 7) is 7.47. The molecule has 0 atom stereocenters. The summed E-state index contributed by atoms with van der Waals surface area (Å²) in [6, 6.07) is 15.6. The van der Waals surface area contributed by atoms with Crippen molar-refractivity contribution in [1.29, 1.82) is 0 Å². The van der Waals surface area contributed by atoms with Gasteiger partial charge in [-0.3, -0.25) is 4.72 Å². The highest BCUT2D eigenvalue weighted by atomic mass is 32.2. The number of anilines is 1. The molecule has 0 bridgehead atoms. The fourth-order valence-corrected chi connectivity index (χ4v) is 6.28. The fraction of sp³-hybridized carbons (Fsp3) is 0.160. The molecular formula is C25H23FN2O2S2. The molecule has 4 rings (SSSR count). The van der Waals surface area contributed by atoms with Crippen LogP contribution in [0.1, 0.15) is 22.3 Å². The molecule has 3 aromatic carbocycles. The molecule has 1 N–H and O–H groups in total. The molecular weight excluding hydrogens is 443 g/mol. The molecule has 32 heavy (non-hydrogen) atoms. The number of hydrogen-bond acceptors (Lipinski definition) is 4. The molecule has 4 aromatic rings. The SMILES string of the molecule is Cc1cc(C)c(C)c(S(=O)(=O)Nc2ccccc2-c2csc(-c3ccccc3F)n2)c1C. The zero-order chi connectivity index (χ0) is 23.0. The van der Waals surface area contributed by atoms with Gasteiger partial charge in [0.25, 0.3) is 10.0 Å². The Kier molecular flexibility index (Phi) is 5.88. The third-order valence-electron chi connectivity index (χ3n) is 5.62. The molecule has 0 unspecified atom stereocenters. The topological polar surface area (TPSA) is 59.1 Å². The highest BCUT2D eigenvalue weighted by molar-refractivity contribution is 7.92. The van der Waals surface area contributed by atoms with Gasteiger partial charge in [-0.05, 0) is 68.1 Å². The Morgan fingerprint density at radius 2 is 1.47 bits per heavy atom. The molecule has 4 nitrogen and oxygen atoms in total. The van der Waals surface area contributed by atoms with E-state index >= 15 is 0 Å². The van der Waals surface area contributed by atoms with Crippen LogP contribution in [0.25, 0.3) is 21.8 Å². The van der Waals surface area contributed by atoms with Gasteiger partial charge in [0, 0.05) is 16.5 Å². The second kappa shape index (κ2) is 8.48. The van der Waals surface area contributed by atoms with Crippen molar-refractivity contribution in [3.8, 4) is 21.8 Å². The van der Waals surface area contributed by atoms with E-state index in [2.05, 4.69) is 9.71 Å². The van der Waals surface area contributed by atoms with Crippen LogP contribution in [0.2, 0.25) is 0 Å². The zero-order valence-corrected chi connectivity index (χ0v) is 19.9. The van der Waals surface area contributed by atoms with Gasteiger partial charge < -0.3 is 0 Å². The molecule has 0 aliphatic rings. The third kappa shape index (κ3) is 4.06. The number of halogens is 1. The number of rotatable bonds is 5. The number of nitrogens with one attached hydrogen (secondary N) is 1. The first-order valence-corrected chi connectivity index (χ1v) is 12.5. The van der Waals surface area contributed by atoms with Crippen molar-refractivity contribution >= 4 is 27.0 Å². The number of sulfonamides is 1. The zero-order valence-electron chi connectivity index (χ0n) is 18.2. The van der Waals surface area contributed by atoms with E-state index in [1.54, 1.807) is 36.4 Å². The summed E-state index contributed by atoms with van der Waals surface area (Å²) in [5.74, 6) is -0.344. The van der Waals surface area contributed by atoms with E-state index in [-0.39, 0.29) is 5.82 Å². The standard InChI is InChI=1S/C25H23FN2O2S2/c1-15-13-16(2)18(4)24(17(15)3)32(29,30)28-22-12-8-6-10-20(22)23-14-31-25(27-23)19-9-5-7-11-21(19)26/h5-14,28H,1-4H3. The molecule has 0 aliphatic heterocycles. The molecule has 0 saturated carbocycles. The van der Waals surface area contributed by atoms with E-state index in [0.717, 1.165) is 22.3 Å². The van der Waals surface area contributed by atoms with E-state index in [1.807, 2.05) is 45.2 Å². The van der Waals surface area contributed by atoms with Crippen LogP contribution in [0.15, 0.2) is 64.9 Å². The highest BCUT2D eigenvalue weighted by Crippen LogP contribution is 2.35. The van der Waals surface area contributed by atoms with Crippen molar-refractivity contribution < 1.29 is 12.8 Å². The van der Waals surface area contributed by atoms with Crippen LogP contribution in [-0.4, -0.2) is 13.4 Å².